The van der Waals surface area contributed by atoms with E-state index in [1.807, 2.05) is 0 Å². The molecule has 0 radical (unpaired) electrons. The van der Waals surface area contributed by atoms with Crippen molar-refractivity contribution in [3.8, 4) is 0 Å². The van der Waals surface area contributed by atoms with Gasteiger partial charge in [0.05, 0.1) is 0 Å². The molecule has 0 unspecified atom stereocenters. The van der Waals surface area contributed by atoms with Gasteiger partial charge in [-0.25, -0.2) is 0 Å². The quantitative estimate of drug-likeness (QED) is 0.704. The lowest BCUT2D eigenvalue weighted by Crippen LogP contribution is -2.46. The van der Waals surface area contributed by atoms with Gasteiger partial charge in [0.1, 0.15) is 0 Å². The Kier molecular flexibility index (Phi) is 3.54. The van der Waals surface area contributed by atoms with Crippen molar-refractivity contribution in [2.45, 2.75) is 39.0 Å². The zero-order valence-electron chi connectivity index (χ0n) is 9.27. The maximum absolute atomic E-state index is 3.70. The van der Waals surface area contributed by atoms with Crippen LogP contribution in [0.5, 0.6) is 0 Å². The van der Waals surface area contributed by atoms with Gasteiger partial charge in [0.2, 0.25) is 0 Å². The van der Waals surface area contributed by atoms with Crippen LogP contribution in [0.25, 0.3) is 0 Å². The fraction of sp³-hybridized carbons (Fsp3) is 1.00. The van der Waals surface area contributed by atoms with Crippen LogP contribution in [0.15, 0.2) is 0 Å². The van der Waals surface area contributed by atoms with E-state index in [2.05, 4.69) is 27.8 Å². The number of hydrogen-bond acceptors (Lipinski definition) is 1. The van der Waals surface area contributed by atoms with E-state index >= 15 is 0 Å². The van der Waals surface area contributed by atoms with Crippen molar-refractivity contribution in [1.29, 1.82) is 0 Å². The second kappa shape index (κ2) is 4.52. The van der Waals surface area contributed by atoms with Crippen LogP contribution in [-0.4, -0.2) is 29.9 Å². The molecule has 1 saturated carbocycles. The summed E-state index contributed by atoms with van der Waals surface area (Å²) in [5, 5.41) is 1.21. The third kappa shape index (κ3) is 2.33. The van der Waals surface area contributed by atoms with Crippen molar-refractivity contribution in [3.63, 3.8) is 0 Å². The van der Waals surface area contributed by atoms with Gasteiger partial charge in [0.15, 0.2) is 0 Å². The van der Waals surface area contributed by atoms with Gasteiger partial charge < -0.3 is 4.90 Å². The molecule has 0 aromatic heterocycles. The second-order valence-corrected chi connectivity index (χ2v) is 6.01. The first-order valence-corrected chi connectivity index (χ1v) is 7.15. The summed E-state index contributed by atoms with van der Waals surface area (Å²) in [6, 6.07) is 0. The molecule has 0 bridgehead atoms. The molecule has 1 heterocycles. The molecule has 2 rings (SSSR count). The Labute approximate surface area is 96.4 Å². The average Bonchev–Trinajstić information content (AvgIpc) is 2.15. The maximum Gasteiger partial charge on any atom is 0.0100 e. The van der Waals surface area contributed by atoms with Crippen LogP contribution in [0, 0.1) is 11.3 Å². The number of likely N-dealkylation sites (tertiary alicyclic amines) is 1. The summed E-state index contributed by atoms with van der Waals surface area (Å²) >= 11 is 3.70. The summed E-state index contributed by atoms with van der Waals surface area (Å²) in [6.07, 6.45) is 7.18. The van der Waals surface area contributed by atoms with Crippen molar-refractivity contribution in [1.82, 2.24) is 4.90 Å². The molecule has 1 saturated heterocycles. The number of nitrogens with zero attached hydrogens (tertiary/aromatic N) is 1. The van der Waals surface area contributed by atoms with E-state index in [-0.39, 0.29) is 0 Å². The predicted octanol–water partition coefficient (Wildman–Crippen LogP) is 3.28. The zero-order valence-corrected chi connectivity index (χ0v) is 10.9. The molecule has 14 heavy (non-hydrogen) atoms. The van der Waals surface area contributed by atoms with Crippen molar-refractivity contribution < 1.29 is 0 Å². The monoisotopic (exact) mass is 259 g/mol. The van der Waals surface area contributed by atoms with Crippen molar-refractivity contribution in [2.24, 2.45) is 11.3 Å². The van der Waals surface area contributed by atoms with Crippen molar-refractivity contribution >= 4 is 15.9 Å². The molecule has 2 heteroatoms. The molecule has 1 aliphatic carbocycles. The van der Waals surface area contributed by atoms with Crippen molar-refractivity contribution in [3.05, 3.63) is 0 Å². The lowest BCUT2D eigenvalue weighted by Gasteiger charge is -2.45. The first kappa shape index (κ1) is 10.9. The van der Waals surface area contributed by atoms with Gasteiger partial charge in [0, 0.05) is 11.9 Å². The highest BCUT2D eigenvalue weighted by molar-refractivity contribution is 9.09. The van der Waals surface area contributed by atoms with E-state index < -0.39 is 0 Å². The van der Waals surface area contributed by atoms with Crippen LogP contribution in [0.4, 0.5) is 0 Å². The molecule has 2 aliphatic rings. The Morgan fingerprint density at radius 1 is 1.29 bits per heavy atom. The van der Waals surface area contributed by atoms with Crippen LogP contribution in [0.2, 0.25) is 0 Å². The van der Waals surface area contributed by atoms with Gasteiger partial charge >= 0.3 is 0 Å². The van der Waals surface area contributed by atoms with E-state index in [0.29, 0.717) is 5.41 Å². The van der Waals surface area contributed by atoms with Crippen LogP contribution in [0.1, 0.15) is 39.0 Å². The van der Waals surface area contributed by atoms with Gasteiger partial charge in [-0.05, 0) is 50.1 Å². The van der Waals surface area contributed by atoms with Crippen LogP contribution < -0.4 is 0 Å². The van der Waals surface area contributed by atoms with E-state index in [9.17, 15) is 0 Å². The molecule has 0 amide bonds. The normalized spacial score (nSPS) is 28.7. The largest absolute Gasteiger partial charge is 0.303 e. The molecule has 2 fully saturated rings. The lowest BCUT2D eigenvalue weighted by molar-refractivity contribution is 0.0706. The summed E-state index contributed by atoms with van der Waals surface area (Å²) in [5.41, 5.74) is 0.653. The topological polar surface area (TPSA) is 3.24 Å². The third-order valence-electron chi connectivity index (χ3n) is 4.13. The fourth-order valence-corrected chi connectivity index (χ4v) is 3.44. The van der Waals surface area contributed by atoms with Gasteiger partial charge in [-0.1, -0.05) is 29.3 Å². The Balaban J connectivity index is 1.79. The highest BCUT2D eigenvalue weighted by Crippen LogP contribution is 2.43. The first-order chi connectivity index (χ1) is 6.74. The van der Waals surface area contributed by atoms with Crippen molar-refractivity contribution in [2.75, 3.05) is 25.0 Å². The molecule has 0 aromatic carbocycles. The predicted molar refractivity (Wildman–Crippen MR) is 64.9 cm³/mol. The molecule has 1 aliphatic heterocycles. The number of piperidine rings is 1. The standard InChI is InChI=1S/C12H22BrN/c1-11-3-7-14(8-4-11)10-12(9-13)5-2-6-12/h11H,2-10H2,1H3. The molecule has 1 nitrogen and oxygen atoms in total. The summed E-state index contributed by atoms with van der Waals surface area (Å²) in [5.74, 6) is 0.965. The van der Waals surface area contributed by atoms with E-state index in [1.165, 1.54) is 57.1 Å². The van der Waals surface area contributed by atoms with Gasteiger partial charge in [-0.3, -0.25) is 0 Å². The Bertz CT molecular complexity index is 175. The van der Waals surface area contributed by atoms with E-state index in [1.54, 1.807) is 0 Å². The Morgan fingerprint density at radius 2 is 1.93 bits per heavy atom. The molecular formula is C12H22BrN. The second-order valence-electron chi connectivity index (χ2n) is 5.45. The smallest absolute Gasteiger partial charge is 0.0100 e. The van der Waals surface area contributed by atoms with E-state index in [0.717, 1.165) is 5.92 Å². The number of halogens is 1. The SMILES string of the molecule is CC1CCN(CC2(CBr)CCC2)CC1. The molecule has 0 atom stereocenters. The Hall–Kier alpha value is 0.440. The zero-order chi connectivity index (χ0) is 10.0. The molecule has 0 spiro atoms. The highest BCUT2D eigenvalue weighted by atomic mass is 79.9. The van der Waals surface area contributed by atoms with Crippen LogP contribution >= 0.6 is 15.9 Å². The lowest BCUT2D eigenvalue weighted by atomic mass is 9.70. The molecule has 0 aromatic rings. The molecule has 0 N–H and O–H groups in total. The van der Waals surface area contributed by atoms with Gasteiger partial charge in [-0.2, -0.15) is 0 Å². The van der Waals surface area contributed by atoms with Gasteiger partial charge in [0.25, 0.3) is 0 Å². The highest BCUT2D eigenvalue weighted by Gasteiger charge is 2.37. The number of rotatable bonds is 3. The number of alkyl halides is 1. The summed E-state index contributed by atoms with van der Waals surface area (Å²) in [4.78, 5) is 2.69. The summed E-state index contributed by atoms with van der Waals surface area (Å²) in [7, 11) is 0. The molecular weight excluding hydrogens is 238 g/mol. The van der Waals surface area contributed by atoms with Gasteiger partial charge in [-0.15, -0.1) is 0 Å². The summed E-state index contributed by atoms with van der Waals surface area (Å²) < 4.78 is 0. The average molecular weight is 260 g/mol. The third-order valence-corrected chi connectivity index (χ3v) is 5.32. The van der Waals surface area contributed by atoms with Crippen LogP contribution in [-0.2, 0) is 0 Å². The number of hydrogen-bond donors (Lipinski definition) is 0. The minimum absolute atomic E-state index is 0.653. The Morgan fingerprint density at radius 3 is 2.36 bits per heavy atom. The minimum Gasteiger partial charge on any atom is -0.303 e. The first-order valence-electron chi connectivity index (χ1n) is 6.02. The fourth-order valence-electron chi connectivity index (χ4n) is 2.71. The van der Waals surface area contributed by atoms with E-state index in [4.69, 9.17) is 0 Å². The minimum atomic E-state index is 0.653. The summed E-state index contributed by atoms with van der Waals surface area (Å²) in [6.45, 7) is 6.43. The van der Waals surface area contributed by atoms with Crippen LogP contribution in [0.3, 0.4) is 0 Å². The maximum atomic E-state index is 3.70. The molecule has 82 valence electrons.